The minimum Gasteiger partial charge on any atom is -0.224 e. The second-order valence-corrected chi connectivity index (χ2v) is 6.58. The Bertz CT molecular complexity index is 495. The first-order chi connectivity index (χ1) is 8.77. The number of hydrogen-bond donors (Lipinski definition) is 0. The van der Waals surface area contributed by atoms with E-state index in [0.717, 1.165) is 30.7 Å². The van der Waals surface area contributed by atoms with Gasteiger partial charge in [-0.3, -0.25) is 0 Å². The Morgan fingerprint density at radius 1 is 1.00 bits per heavy atom. The highest BCUT2D eigenvalue weighted by Crippen LogP contribution is 2.29. The van der Waals surface area contributed by atoms with Crippen LogP contribution in [-0.2, 0) is 16.0 Å². The van der Waals surface area contributed by atoms with Crippen LogP contribution in [0.25, 0.3) is 0 Å². The zero-order chi connectivity index (χ0) is 14.5. The van der Waals surface area contributed by atoms with Crippen molar-refractivity contribution in [2.24, 2.45) is 0 Å². The molecule has 0 N–H and O–H groups in total. The first kappa shape index (κ1) is 16.3. The molecule has 0 fully saturated rings. The Hall–Kier alpha value is -0.750. The molecular formula is C12H14ClF3O2S. The van der Waals surface area contributed by atoms with Crippen molar-refractivity contribution in [1.29, 1.82) is 0 Å². The van der Waals surface area contributed by atoms with E-state index in [1.807, 2.05) is 0 Å². The molecule has 1 aromatic carbocycles. The number of sulfone groups is 1. The van der Waals surface area contributed by atoms with E-state index in [-0.39, 0.29) is 10.6 Å². The Morgan fingerprint density at radius 2 is 1.58 bits per heavy atom. The zero-order valence-electron chi connectivity index (χ0n) is 10.1. The van der Waals surface area contributed by atoms with Crippen LogP contribution >= 0.6 is 11.6 Å². The average Bonchev–Trinajstić information content (AvgIpc) is 2.34. The summed E-state index contributed by atoms with van der Waals surface area (Å²) in [5.41, 5.74) is -0.853. The lowest BCUT2D eigenvalue weighted by molar-refractivity contribution is -0.137. The van der Waals surface area contributed by atoms with Gasteiger partial charge in [0.1, 0.15) is 0 Å². The molecule has 1 rings (SSSR count). The van der Waals surface area contributed by atoms with Crippen molar-refractivity contribution in [3.63, 3.8) is 0 Å². The third-order valence-electron chi connectivity index (χ3n) is 2.59. The van der Waals surface area contributed by atoms with Crippen molar-refractivity contribution in [3.05, 3.63) is 29.8 Å². The highest BCUT2D eigenvalue weighted by atomic mass is 35.5. The molecule has 0 saturated heterocycles. The molecule has 0 radical (unpaired) electrons. The number of hydrogen-bond acceptors (Lipinski definition) is 2. The molecule has 0 bridgehead atoms. The zero-order valence-corrected chi connectivity index (χ0v) is 11.7. The molecule has 0 atom stereocenters. The van der Waals surface area contributed by atoms with Crippen LogP contribution < -0.4 is 0 Å². The van der Waals surface area contributed by atoms with Crippen molar-refractivity contribution in [3.8, 4) is 0 Å². The maximum Gasteiger partial charge on any atom is 0.416 e. The fraction of sp³-hybridized carbons (Fsp3) is 0.500. The minimum atomic E-state index is -4.46. The third kappa shape index (κ3) is 5.03. The van der Waals surface area contributed by atoms with E-state index in [2.05, 4.69) is 0 Å². The summed E-state index contributed by atoms with van der Waals surface area (Å²) in [6.45, 7) is 0. The van der Waals surface area contributed by atoms with Gasteiger partial charge >= 0.3 is 6.18 Å². The van der Waals surface area contributed by atoms with Gasteiger partial charge in [-0.15, -0.1) is 11.6 Å². The summed E-state index contributed by atoms with van der Waals surface area (Å²) >= 11 is 5.47. The summed E-state index contributed by atoms with van der Waals surface area (Å²) in [7, 11) is -3.51. The quantitative estimate of drug-likeness (QED) is 0.589. The molecule has 0 unspecified atom stereocenters. The predicted octanol–water partition coefficient (Wildman–Crippen LogP) is 3.89. The highest BCUT2D eigenvalue weighted by Gasteiger charge is 2.30. The first-order valence-corrected chi connectivity index (χ1v) is 7.92. The lowest BCUT2D eigenvalue weighted by atomic mass is 10.2. The van der Waals surface area contributed by atoms with Crippen LogP contribution in [0.15, 0.2) is 29.2 Å². The topological polar surface area (TPSA) is 34.1 Å². The lowest BCUT2D eigenvalue weighted by Crippen LogP contribution is -2.09. The molecule has 7 heteroatoms. The summed E-state index contributed by atoms with van der Waals surface area (Å²) in [4.78, 5) is -0.0774. The van der Waals surface area contributed by atoms with E-state index >= 15 is 0 Å². The normalized spacial score (nSPS) is 12.6. The summed E-state index contributed by atoms with van der Waals surface area (Å²) in [6, 6.07) is 3.57. The molecule has 108 valence electrons. The Kier molecular flexibility index (Phi) is 5.67. The van der Waals surface area contributed by atoms with E-state index < -0.39 is 21.6 Å². The Balaban J connectivity index is 2.74. The van der Waals surface area contributed by atoms with Crippen LogP contribution in [0.1, 0.15) is 24.8 Å². The molecule has 0 heterocycles. The molecule has 0 aliphatic carbocycles. The molecule has 2 nitrogen and oxygen atoms in total. The van der Waals surface area contributed by atoms with Crippen molar-refractivity contribution in [1.82, 2.24) is 0 Å². The van der Waals surface area contributed by atoms with Gasteiger partial charge in [-0.1, -0.05) is 6.42 Å². The van der Waals surface area contributed by atoms with Crippen LogP contribution in [0.3, 0.4) is 0 Å². The highest BCUT2D eigenvalue weighted by molar-refractivity contribution is 7.91. The van der Waals surface area contributed by atoms with Crippen LogP contribution in [0.2, 0.25) is 0 Å². The summed E-state index contributed by atoms with van der Waals surface area (Å²) in [6.07, 6.45) is -2.59. The minimum absolute atomic E-state index is 0.0742. The molecular weight excluding hydrogens is 301 g/mol. The van der Waals surface area contributed by atoms with Crippen LogP contribution in [0.5, 0.6) is 0 Å². The van der Waals surface area contributed by atoms with Gasteiger partial charge < -0.3 is 0 Å². The van der Waals surface area contributed by atoms with Crippen molar-refractivity contribution >= 4 is 21.4 Å². The number of alkyl halides is 4. The lowest BCUT2D eigenvalue weighted by Gasteiger charge is -2.08. The standard InChI is InChI=1S/C12H14ClF3O2S/c13-8-2-1-3-9-19(17,18)11-6-4-10(5-7-11)12(14,15)16/h4-7H,1-3,8-9H2. The van der Waals surface area contributed by atoms with Crippen LogP contribution in [0.4, 0.5) is 13.2 Å². The van der Waals surface area contributed by atoms with Crippen molar-refractivity contribution in [2.45, 2.75) is 30.3 Å². The van der Waals surface area contributed by atoms with Gasteiger partial charge in [0.25, 0.3) is 0 Å². The van der Waals surface area contributed by atoms with Gasteiger partial charge in [-0.25, -0.2) is 8.42 Å². The smallest absolute Gasteiger partial charge is 0.224 e. The van der Waals surface area contributed by atoms with Crippen LogP contribution in [0, 0.1) is 0 Å². The first-order valence-electron chi connectivity index (χ1n) is 5.73. The van der Waals surface area contributed by atoms with Gasteiger partial charge in [0.2, 0.25) is 0 Å². The van der Waals surface area contributed by atoms with Crippen molar-refractivity contribution in [2.75, 3.05) is 11.6 Å². The molecule has 0 amide bonds. The van der Waals surface area contributed by atoms with E-state index in [0.29, 0.717) is 18.7 Å². The van der Waals surface area contributed by atoms with Crippen LogP contribution in [-0.4, -0.2) is 20.1 Å². The van der Waals surface area contributed by atoms with Gasteiger partial charge in [0.05, 0.1) is 16.2 Å². The second-order valence-electron chi connectivity index (χ2n) is 4.09. The Labute approximate surface area is 115 Å². The fourth-order valence-corrected chi connectivity index (χ4v) is 3.09. The fourth-order valence-electron chi connectivity index (χ4n) is 1.53. The average molecular weight is 315 g/mol. The van der Waals surface area contributed by atoms with E-state index in [1.54, 1.807) is 0 Å². The number of rotatable bonds is 6. The van der Waals surface area contributed by atoms with E-state index in [1.165, 1.54) is 0 Å². The summed E-state index contributed by atoms with van der Waals surface area (Å²) < 4.78 is 60.7. The number of unbranched alkanes of at least 4 members (excludes halogenated alkanes) is 2. The maximum absolute atomic E-state index is 12.3. The summed E-state index contributed by atoms with van der Waals surface area (Å²) in [5, 5.41) is 0. The number of halogens is 4. The second kappa shape index (κ2) is 6.61. The van der Waals surface area contributed by atoms with Gasteiger partial charge in [-0.2, -0.15) is 13.2 Å². The van der Waals surface area contributed by atoms with Gasteiger partial charge in [-0.05, 0) is 37.1 Å². The van der Waals surface area contributed by atoms with Gasteiger partial charge in [0.15, 0.2) is 9.84 Å². The van der Waals surface area contributed by atoms with Gasteiger partial charge in [0, 0.05) is 5.88 Å². The Morgan fingerprint density at radius 3 is 2.05 bits per heavy atom. The molecule has 0 aromatic heterocycles. The molecule has 0 saturated carbocycles. The molecule has 0 aliphatic rings. The molecule has 1 aromatic rings. The monoisotopic (exact) mass is 314 g/mol. The molecule has 19 heavy (non-hydrogen) atoms. The van der Waals surface area contributed by atoms with Crippen molar-refractivity contribution < 1.29 is 21.6 Å². The van der Waals surface area contributed by atoms with E-state index in [9.17, 15) is 21.6 Å². The third-order valence-corrected chi connectivity index (χ3v) is 4.67. The maximum atomic E-state index is 12.3. The molecule has 0 spiro atoms. The number of benzene rings is 1. The molecule has 0 aliphatic heterocycles. The SMILES string of the molecule is O=S(=O)(CCCCCCl)c1ccc(C(F)(F)F)cc1. The largest absolute Gasteiger partial charge is 0.416 e. The predicted molar refractivity (Wildman–Crippen MR) is 68.1 cm³/mol. The van der Waals surface area contributed by atoms with E-state index in [4.69, 9.17) is 11.6 Å². The summed E-state index contributed by atoms with van der Waals surface area (Å²) in [5.74, 6) is 0.398.